The van der Waals surface area contributed by atoms with Crippen molar-refractivity contribution < 1.29 is 18.5 Å². The molecule has 0 aromatic rings. The zero-order valence-corrected chi connectivity index (χ0v) is 21.8. The Morgan fingerprint density at radius 1 is 0.767 bits per heavy atom. The van der Waals surface area contributed by atoms with Crippen LogP contribution in [0.4, 0.5) is 0 Å². The van der Waals surface area contributed by atoms with Crippen LogP contribution in [-0.4, -0.2) is 42.9 Å². The Labute approximate surface area is 188 Å². The number of hydrogen-bond acceptors (Lipinski definition) is 2. The maximum absolute atomic E-state index is 12.5. The first kappa shape index (κ1) is 29.9. The van der Waals surface area contributed by atoms with E-state index in [4.69, 9.17) is 4.52 Å². The zero-order valence-electron chi connectivity index (χ0n) is 20.9. The van der Waals surface area contributed by atoms with Gasteiger partial charge in [-0.3, -0.25) is 4.57 Å². The summed E-state index contributed by atoms with van der Waals surface area (Å²) < 4.78 is 18.4. The monoisotopic (exact) mass is 446 g/mol. The Hall–Kier alpha value is -0.150. The second kappa shape index (κ2) is 18.4. The summed E-state index contributed by atoms with van der Waals surface area (Å²) in [5, 5.41) is 0. The highest BCUT2D eigenvalue weighted by atomic mass is 31.2. The first-order chi connectivity index (χ1) is 14.3. The van der Waals surface area contributed by atoms with E-state index in [9.17, 15) is 9.46 Å². The molecular weight excluding hydrogens is 393 g/mol. The van der Waals surface area contributed by atoms with E-state index in [1.807, 2.05) is 28.1 Å². The van der Waals surface area contributed by atoms with Crippen LogP contribution >= 0.6 is 7.60 Å². The van der Waals surface area contributed by atoms with E-state index in [1.54, 1.807) is 0 Å². The van der Waals surface area contributed by atoms with Crippen LogP contribution in [0.2, 0.25) is 0 Å². The van der Waals surface area contributed by atoms with Gasteiger partial charge in [-0.1, -0.05) is 90.2 Å². The molecule has 0 aliphatic heterocycles. The molecular formula is C25H53NO3P+. The lowest BCUT2D eigenvalue weighted by atomic mass is 10.1. The van der Waals surface area contributed by atoms with Crippen LogP contribution < -0.4 is 0 Å². The summed E-state index contributed by atoms with van der Waals surface area (Å²) in [6.45, 7) is 4.62. The smallest absolute Gasteiger partial charge is 0.320 e. The van der Waals surface area contributed by atoms with Gasteiger partial charge in [-0.15, -0.1) is 0 Å². The van der Waals surface area contributed by atoms with Gasteiger partial charge in [-0.25, -0.2) is 0 Å². The largest absolute Gasteiger partial charge is 0.385 e. The minimum Gasteiger partial charge on any atom is -0.320 e. The van der Waals surface area contributed by atoms with Crippen LogP contribution in [0.1, 0.15) is 117 Å². The fraction of sp³-hybridized carbons (Fsp3) is 0.920. The minimum atomic E-state index is -3.55. The summed E-state index contributed by atoms with van der Waals surface area (Å²) >= 11 is 0. The third-order valence-electron chi connectivity index (χ3n) is 5.82. The van der Waals surface area contributed by atoms with Gasteiger partial charge in [-0.05, 0) is 32.1 Å². The van der Waals surface area contributed by atoms with Gasteiger partial charge < -0.3 is 13.9 Å². The molecule has 0 fully saturated rings. The van der Waals surface area contributed by atoms with Gasteiger partial charge in [0.05, 0.1) is 27.7 Å². The van der Waals surface area contributed by atoms with Gasteiger partial charge in [0.1, 0.15) is 0 Å². The van der Waals surface area contributed by atoms with E-state index < -0.39 is 7.60 Å². The molecule has 0 rings (SSSR count). The lowest BCUT2D eigenvalue weighted by Crippen LogP contribution is -2.44. The maximum atomic E-state index is 12.5. The molecule has 0 aliphatic rings. The second-order valence-electron chi connectivity index (χ2n) is 9.69. The molecule has 0 saturated carbocycles. The number of hydrogen-bond donors (Lipinski definition) is 1. The summed E-state index contributed by atoms with van der Waals surface area (Å²) in [6, 6.07) is 0. The molecule has 0 bridgehead atoms. The van der Waals surface area contributed by atoms with Crippen molar-refractivity contribution in [2.45, 2.75) is 122 Å². The lowest BCUT2D eigenvalue weighted by molar-refractivity contribution is -0.883. The fourth-order valence-corrected chi connectivity index (χ4v) is 5.92. The molecule has 0 aromatic carbocycles. The topological polar surface area (TPSA) is 46.5 Å². The lowest BCUT2D eigenvalue weighted by Gasteiger charge is -2.35. The van der Waals surface area contributed by atoms with Crippen molar-refractivity contribution in [3.05, 3.63) is 12.2 Å². The predicted molar refractivity (Wildman–Crippen MR) is 132 cm³/mol. The maximum Gasteiger partial charge on any atom is 0.385 e. The highest BCUT2D eigenvalue weighted by Gasteiger charge is 2.41. The summed E-state index contributed by atoms with van der Waals surface area (Å²) in [5.74, 6) is -0.350. The van der Waals surface area contributed by atoms with E-state index in [0.29, 0.717) is 17.5 Å². The van der Waals surface area contributed by atoms with Crippen LogP contribution in [0.5, 0.6) is 0 Å². The summed E-state index contributed by atoms with van der Waals surface area (Å²) in [7, 11) is 2.30. The van der Waals surface area contributed by atoms with Crippen molar-refractivity contribution in [3.63, 3.8) is 0 Å². The van der Waals surface area contributed by atoms with E-state index in [2.05, 4.69) is 19.1 Å². The number of allylic oxidation sites excluding steroid dienone is 2. The molecule has 0 spiro atoms. The molecule has 4 nitrogen and oxygen atoms in total. The van der Waals surface area contributed by atoms with E-state index in [0.717, 1.165) is 12.8 Å². The summed E-state index contributed by atoms with van der Waals surface area (Å²) in [4.78, 5) is 10.3. The van der Waals surface area contributed by atoms with Gasteiger partial charge in [-0.2, -0.15) is 0 Å². The standard InChI is InChI=1S/C25H52NO3P/c1-6-8-9-10-11-12-13-14-15-16-17-18-19-20-21-22-23-24-29-30(27,28)25(7-2)26(3,4)5/h14-15,25H,6-13,16-24H2,1-5H3/p+1. The predicted octanol–water partition coefficient (Wildman–Crippen LogP) is 8.06. The Morgan fingerprint density at radius 2 is 1.20 bits per heavy atom. The Kier molecular flexibility index (Phi) is 18.3. The average Bonchev–Trinajstić information content (AvgIpc) is 2.66. The Bertz CT molecular complexity index is 460. The zero-order chi connectivity index (χ0) is 22.7. The van der Waals surface area contributed by atoms with E-state index >= 15 is 0 Å². The summed E-state index contributed by atoms with van der Waals surface area (Å²) in [6.07, 6.45) is 24.5. The molecule has 2 unspecified atom stereocenters. The molecule has 0 radical (unpaired) electrons. The van der Waals surface area contributed by atoms with Gasteiger partial charge in [0, 0.05) is 6.42 Å². The van der Waals surface area contributed by atoms with Gasteiger partial charge in [0.15, 0.2) is 5.78 Å². The Morgan fingerprint density at radius 3 is 1.63 bits per heavy atom. The molecule has 0 heterocycles. The van der Waals surface area contributed by atoms with Crippen LogP contribution in [0.25, 0.3) is 0 Å². The van der Waals surface area contributed by atoms with Crippen LogP contribution in [-0.2, 0) is 9.09 Å². The molecule has 5 heteroatoms. The van der Waals surface area contributed by atoms with E-state index in [1.165, 1.54) is 83.5 Å². The third-order valence-corrected chi connectivity index (χ3v) is 8.18. The quantitative estimate of drug-likeness (QED) is 0.0839. The highest BCUT2D eigenvalue weighted by Crippen LogP contribution is 2.51. The molecule has 0 amide bonds. The normalized spacial score (nSPS) is 15.5. The molecule has 0 aromatic heterocycles. The summed E-state index contributed by atoms with van der Waals surface area (Å²) in [5.41, 5.74) is 0. The molecule has 30 heavy (non-hydrogen) atoms. The van der Waals surface area contributed by atoms with Gasteiger partial charge in [0.25, 0.3) is 0 Å². The van der Waals surface area contributed by atoms with Gasteiger partial charge >= 0.3 is 7.60 Å². The molecule has 180 valence electrons. The van der Waals surface area contributed by atoms with Crippen LogP contribution in [0, 0.1) is 0 Å². The second-order valence-corrected chi connectivity index (χ2v) is 11.7. The number of nitrogens with zero attached hydrogens (tertiary/aromatic N) is 1. The molecule has 1 N–H and O–H groups in total. The first-order valence-electron chi connectivity index (χ1n) is 12.7. The number of quaternary nitrogens is 1. The SMILES string of the molecule is CCCCCCCCC=CCCCCCCCCCOP(=O)(O)C(CC)[N+](C)(C)C. The van der Waals surface area contributed by atoms with Crippen molar-refractivity contribution >= 4 is 7.60 Å². The van der Waals surface area contributed by atoms with Crippen molar-refractivity contribution in [1.29, 1.82) is 0 Å². The van der Waals surface area contributed by atoms with Gasteiger partial charge in [0.2, 0.25) is 0 Å². The van der Waals surface area contributed by atoms with Crippen LogP contribution in [0.15, 0.2) is 12.2 Å². The highest BCUT2D eigenvalue weighted by molar-refractivity contribution is 7.53. The van der Waals surface area contributed by atoms with Crippen molar-refractivity contribution in [3.8, 4) is 0 Å². The van der Waals surface area contributed by atoms with Crippen molar-refractivity contribution in [2.24, 2.45) is 0 Å². The third kappa shape index (κ3) is 16.5. The molecule has 2 atom stereocenters. The minimum absolute atomic E-state index is 0.350. The van der Waals surface area contributed by atoms with E-state index in [-0.39, 0.29) is 5.78 Å². The molecule has 0 aliphatic carbocycles. The van der Waals surface area contributed by atoms with Crippen LogP contribution in [0.3, 0.4) is 0 Å². The van der Waals surface area contributed by atoms with Crippen molar-refractivity contribution in [1.82, 2.24) is 0 Å². The average molecular weight is 447 g/mol. The Balaban J connectivity index is 3.50. The number of rotatable bonds is 21. The molecule has 0 saturated heterocycles. The van der Waals surface area contributed by atoms with Crippen molar-refractivity contribution in [2.75, 3.05) is 27.7 Å². The first-order valence-corrected chi connectivity index (χ1v) is 14.3. The fourth-order valence-electron chi connectivity index (χ4n) is 4.02. The number of unbranched alkanes of at least 4 members (excludes halogenated alkanes) is 13.